The van der Waals surface area contributed by atoms with Crippen molar-refractivity contribution in [3.63, 3.8) is 0 Å². The van der Waals surface area contributed by atoms with Crippen LogP contribution in [0.15, 0.2) is 53.4 Å². The quantitative estimate of drug-likeness (QED) is 0.722. The molecule has 8 heteroatoms. The molecular weight excluding hydrogens is 390 g/mol. The highest BCUT2D eigenvalue weighted by atomic mass is 32.2. The van der Waals surface area contributed by atoms with Crippen LogP contribution in [-0.4, -0.2) is 45.4 Å². The molecule has 1 saturated heterocycles. The number of hydrogen-bond acceptors (Lipinski definition) is 5. The second-order valence-corrected chi connectivity index (χ2v) is 8.88. The van der Waals surface area contributed by atoms with E-state index in [1.807, 2.05) is 12.1 Å². The monoisotopic (exact) mass is 417 g/mol. The average molecular weight is 418 g/mol. The average Bonchev–Trinajstić information content (AvgIpc) is 3.03. The topological polar surface area (TPSA) is 87.7 Å². The molecule has 1 aliphatic heterocycles. The predicted octanol–water partition coefficient (Wildman–Crippen LogP) is 3.31. The molecule has 0 aliphatic carbocycles. The van der Waals surface area contributed by atoms with Gasteiger partial charge in [-0.15, -0.1) is 0 Å². The van der Waals surface area contributed by atoms with E-state index in [0.29, 0.717) is 30.2 Å². The molecule has 0 saturated carbocycles. The van der Waals surface area contributed by atoms with E-state index in [2.05, 4.69) is 10.6 Å². The van der Waals surface area contributed by atoms with Crippen LogP contribution in [0.1, 0.15) is 25.7 Å². The second-order valence-electron chi connectivity index (χ2n) is 6.94. The summed E-state index contributed by atoms with van der Waals surface area (Å²) < 4.78 is 32.4. The molecule has 0 unspecified atom stereocenters. The minimum Gasteiger partial charge on any atom is -0.495 e. The van der Waals surface area contributed by atoms with Gasteiger partial charge in [0, 0.05) is 18.8 Å². The van der Waals surface area contributed by atoms with E-state index in [1.165, 1.54) is 0 Å². The number of sulfonamides is 1. The minimum absolute atomic E-state index is 0.0519. The Kier molecular flexibility index (Phi) is 7.11. The van der Waals surface area contributed by atoms with Crippen molar-refractivity contribution in [3.05, 3.63) is 48.5 Å². The highest BCUT2D eigenvalue weighted by Crippen LogP contribution is 2.23. The summed E-state index contributed by atoms with van der Waals surface area (Å²) in [5.74, 6) is 0.361. The number of nitrogens with zero attached hydrogens (tertiary/aromatic N) is 1. The Morgan fingerprint density at radius 3 is 2.31 bits per heavy atom. The number of anilines is 2. The molecule has 1 amide bonds. The van der Waals surface area contributed by atoms with Crippen molar-refractivity contribution in [3.8, 4) is 5.75 Å². The van der Waals surface area contributed by atoms with Gasteiger partial charge >= 0.3 is 0 Å². The molecule has 0 radical (unpaired) electrons. The molecule has 2 aromatic rings. The molecule has 1 aliphatic rings. The number of rotatable bonds is 7. The summed E-state index contributed by atoms with van der Waals surface area (Å²) in [4.78, 5) is 12.5. The molecule has 2 aromatic carbocycles. The van der Waals surface area contributed by atoms with E-state index < -0.39 is 10.0 Å². The molecule has 156 valence electrons. The van der Waals surface area contributed by atoms with Gasteiger partial charge in [0.05, 0.1) is 24.2 Å². The normalized spacial score (nSPS) is 15.3. The Hall–Kier alpha value is -2.58. The van der Waals surface area contributed by atoms with Crippen LogP contribution in [-0.2, 0) is 14.8 Å². The molecule has 1 fully saturated rings. The van der Waals surface area contributed by atoms with Crippen LogP contribution in [0.25, 0.3) is 0 Å². The van der Waals surface area contributed by atoms with Gasteiger partial charge in [0.1, 0.15) is 5.75 Å². The van der Waals surface area contributed by atoms with Crippen molar-refractivity contribution >= 4 is 27.3 Å². The van der Waals surface area contributed by atoms with E-state index in [0.717, 1.165) is 25.7 Å². The van der Waals surface area contributed by atoms with Crippen LogP contribution in [0.3, 0.4) is 0 Å². The lowest BCUT2D eigenvalue weighted by molar-refractivity contribution is -0.114. The number of amides is 1. The number of ether oxygens (including phenoxy) is 1. The lowest BCUT2D eigenvalue weighted by atomic mass is 10.2. The molecule has 0 atom stereocenters. The Labute approximate surface area is 172 Å². The Balaban J connectivity index is 1.58. The van der Waals surface area contributed by atoms with Crippen molar-refractivity contribution in [2.24, 2.45) is 0 Å². The Bertz CT molecular complexity index is 921. The maximum Gasteiger partial charge on any atom is 0.243 e. The number of carbonyl (C=O) groups excluding carboxylic acids is 1. The molecule has 0 bridgehead atoms. The van der Waals surface area contributed by atoms with Crippen LogP contribution in [0, 0.1) is 0 Å². The third kappa shape index (κ3) is 5.48. The van der Waals surface area contributed by atoms with Crippen molar-refractivity contribution in [2.75, 3.05) is 37.4 Å². The van der Waals surface area contributed by atoms with E-state index in [1.54, 1.807) is 47.8 Å². The van der Waals surface area contributed by atoms with Gasteiger partial charge in [0.15, 0.2) is 0 Å². The van der Waals surface area contributed by atoms with Crippen LogP contribution in [0.2, 0.25) is 0 Å². The van der Waals surface area contributed by atoms with Crippen LogP contribution >= 0.6 is 0 Å². The van der Waals surface area contributed by atoms with E-state index in [4.69, 9.17) is 4.74 Å². The number of benzene rings is 2. The number of carbonyl (C=O) groups is 1. The van der Waals surface area contributed by atoms with Crippen molar-refractivity contribution in [1.29, 1.82) is 0 Å². The van der Waals surface area contributed by atoms with Gasteiger partial charge in [0.25, 0.3) is 0 Å². The Morgan fingerprint density at radius 2 is 1.66 bits per heavy atom. The second kappa shape index (κ2) is 9.76. The number of para-hydroxylation sites is 2. The third-order valence-electron chi connectivity index (χ3n) is 4.89. The lowest BCUT2D eigenvalue weighted by Gasteiger charge is -2.20. The maximum atomic E-state index is 12.8. The molecule has 7 nitrogen and oxygen atoms in total. The van der Waals surface area contributed by atoms with E-state index in [-0.39, 0.29) is 17.3 Å². The first-order valence-corrected chi connectivity index (χ1v) is 11.2. The molecule has 29 heavy (non-hydrogen) atoms. The first-order chi connectivity index (χ1) is 14.0. The zero-order valence-electron chi connectivity index (χ0n) is 16.6. The van der Waals surface area contributed by atoms with E-state index in [9.17, 15) is 13.2 Å². The molecule has 0 spiro atoms. The molecule has 2 N–H and O–H groups in total. The Morgan fingerprint density at radius 1 is 1.00 bits per heavy atom. The summed E-state index contributed by atoms with van der Waals surface area (Å²) in [6.45, 7) is 1.20. The SMILES string of the molecule is COc1ccccc1NC(=O)CNc1ccc(S(=O)(=O)N2CCCCCC2)cc1. The summed E-state index contributed by atoms with van der Waals surface area (Å²) in [6.07, 6.45) is 3.96. The third-order valence-corrected chi connectivity index (χ3v) is 6.80. The van der Waals surface area contributed by atoms with Crippen molar-refractivity contribution in [2.45, 2.75) is 30.6 Å². The summed E-state index contributed by atoms with van der Waals surface area (Å²) in [5, 5.41) is 5.80. The lowest BCUT2D eigenvalue weighted by Crippen LogP contribution is -2.31. The minimum atomic E-state index is -3.47. The van der Waals surface area contributed by atoms with Gasteiger partial charge < -0.3 is 15.4 Å². The fourth-order valence-electron chi connectivity index (χ4n) is 3.30. The zero-order chi connectivity index (χ0) is 20.7. The molecule has 0 aromatic heterocycles. The fraction of sp³-hybridized carbons (Fsp3) is 0.381. The summed E-state index contributed by atoms with van der Waals surface area (Å²) in [5.41, 5.74) is 1.27. The maximum absolute atomic E-state index is 12.8. The standard InChI is InChI=1S/C21H27N3O4S/c1-28-20-9-5-4-8-19(20)23-21(25)16-22-17-10-12-18(13-11-17)29(26,27)24-14-6-2-3-7-15-24/h4-5,8-13,22H,2-3,6-7,14-16H2,1H3,(H,23,25). The first-order valence-electron chi connectivity index (χ1n) is 9.77. The largest absolute Gasteiger partial charge is 0.495 e. The molecular formula is C21H27N3O4S. The van der Waals surface area contributed by atoms with Crippen LogP contribution in [0.5, 0.6) is 5.75 Å². The van der Waals surface area contributed by atoms with E-state index >= 15 is 0 Å². The van der Waals surface area contributed by atoms with Gasteiger partial charge in [-0.05, 0) is 49.2 Å². The first kappa shape index (κ1) is 21.1. The predicted molar refractivity (Wildman–Crippen MR) is 114 cm³/mol. The number of methoxy groups -OCH3 is 1. The summed E-state index contributed by atoms with van der Waals surface area (Å²) >= 11 is 0. The highest BCUT2D eigenvalue weighted by Gasteiger charge is 2.24. The number of hydrogen-bond donors (Lipinski definition) is 2. The number of nitrogens with one attached hydrogen (secondary N) is 2. The van der Waals surface area contributed by atoms with Gasteiger partial charge in [0.2, 0.25) is 15.9 Å². The van der Waals surface area contributed by atoms with Gasteiger partial charge in [-0.2, -0.15) is 4.31 Å². The van der Waals surface area contributed by atoms with Crippen LogP contribution in [0.4, 0.5) is 11.4 Å². The van der Waals surface area contributed by atoms with Gasteiger partial charge in [-0.25, -0.2) is 8.42 Å². The summed E-state index contributed by atoms with van der Waals surface area (Å²) in [7, 11) is -1.92. The van der Waals surface area contributed by atoms with Gasteiger partial charge in [-0.1, -0.05) is 25.0 Å². The van der Waals surface area contributed by atoms with Crippen LogP contribution < -0.4 is 15.4 Å². The summed E-state index contributed by atoms with van der Waals surface area (Å²) in [6, 6.07) is 13.7. The van der Waals surface area contributed by atoms with Crippen molar-refractivity contribution < 1.29 is 17.9 Å². The zero-order valence-corrected chi connectivity index (χ0v) is 17.4. The smallest absolute Gasteiger partial charge is 0.243 e. The van der Waals surface area contributed by atoms with Gasteiger partial charge in [-0.3, -0.25) is 4.79 Å². The molecule has 1 heterocycles. The molecule has 3 rings (SSSR count). The highest BCUT2D eigenvalue weighted by molar-refractivity contribution is 7.89. The van der Waals surface area contributed by atoms with Crippen molar-refractivity contribution in [1.82, 2.24) is 4.31 Å². The fourth-order valence-corrected chi connectivity index (χ4v) is 4.82.